The van der Waals surface area contributed by atoms with Gasteiger partial charge in [-0.15, -0.1) is 11.3 Å². The van der Waals surface area contributed by atoms with Crippen LogP contribution in [0.15, 0.2) is 60.4 Å². The molecule has 0 saturated carbocycles. The SMILES string of the molecule is CC(=O)Nc1cccc(-c2cnc3[nH]cc(-c4ccc5ncsc5c4)c3n2)c1. The van der Waals surface area contributed by atoms with Crippen LogP contribution in [0.5, 0.6) is 0 Å². The summed E-state index contributed by atoms with van der Waals surface area (Å²) < 4.78 is 1.14. The Morgan fingerprint density at radius 2 is 2.04 bits per heavy atom. The highest BCUT2D eigenvalue weighted by Crippen LogP contribution is 2.31. The van der Waals surface area contributed by atoms with Crippen LogP contribution in [0.3, 0.4) is 0 Å². The van der Waals surface area contributed by atoms with Gasteiger partial charge in [0.1, 0.15) is 5.52 Å². The minimum absolute atomic E-state index is 0.106. The molecule has 7 heteroatoms. The van der Waals surface area contributed by atoms with E-state index in [1.807, 2.05) is 42.0 Å². The zero-order valence-corrected chi connectivity index (χ0v) is 15.7. The van der Waals surface area contributed by atoms with Crippen molar-refractivity contribution in [1.82, 2.24) is 19.9 Å². The Hall–Kier alpha value is -3.58. The van der Waals surface area contributed by atoms with Gasteiger partial charge >= 0.3 is 0 Å². The fraction of sp³-hybridized carbons (Fsp3) is 0.0476. The van der Waals surface area contributed by atoms with Crippen LogP contribution in [0.4, 0.5) is 5.69 Å². The van der Waals surface area contributed by atoms with Gasteiger partial charge in [0.15, 0.2) is 5.65 Å². The summed E-state index contributed by atoms with van der Waals surface area (Å²) in [6.45, 7) is 1.49. The maximum atomic E-state index is 11.3. The summed E-state index contributed by atoms with van der Waals surface area (Å²) >= 11 is 1.62. The molecule has 3 heterocycles. The van der Waals surface area contributed by atoms with E-state index in [9.17, 15) is 4.79 Å². The molecule has 0 aliphatic carbocycles. The number of carbonyl (C=O) groups is 1. The van der Waals surface area contributed by atoms with Crippen LogP contribution in [-0.2, 0) is 4.79 Å². The van der Waals surface area contributed by atoms with Gasteiger partial charge in [-0.3, -0.25) is 4.79 Å². The Bertz CT molecular complexity index is 1340. The van der Waals surface area contributed by atoms with Gasteiger partial charge in [0, 0.05) is 29.9 Å². The summed E-state index contributed by atoms with van der Waals surface area (Å²) in [5.74, 6) is -0.106. The van der Waals surface area contributed by atoms with Crippen molar-refractivity contribution in [2.75, 3.05) is 5.32 Å². The molecule has 5 rings (SSSR count). The molecule has 5 aromatic rings. The average molecular weight is 385 g/mol. The zero-order valence-electron chi connectivity index (χ0n) is 14.9. The predicted octanol–water partition coefficient (Wildman–Crippen LogP) is 4.86. The number of fused-ring (bicyclic) bond motifs is 2. The molecule has 0 bridgehead atoms. The third-order valence-corrected chi connectivity index (χ3v) is 5.29. The Morgan fingerprint density at radius 1 is 1.11 bits per heavy atom. The Morgan fingerprint density at radius 3 is 2.93 bits per heavy atom. The van der Waals surface area contributed by atoms with Crippen molar-refractivity contribution in [1.29, 1.82) is 0 Å². The molecule has 2 N–H and O–H groups in total. The van der Waals surface area contributed by atoms with Gasteiger partial charge in [0.25, 0.3) is 0 Å². The summed E-state index contributed by atoms with van der Waals surface area (Å²) in [7, 11) is 0. The number of aromatic amines is 1. The molecule has 0 fully saturated rings. The lowest BCUT2D eigenvalue weighted by Crippen LogP contribution is -2.05. The average Bonchev–Trinajstić information content (AvgIpc) is 3.33. The van der Waals surface area contributed by atoms with Gasteiger partial charge in [-0.2, -0.15) is 0 Å². The Balaban J connectivity index is 1.61. The van der Waals surface area contributed by atoms with E-state index in [0.717, 1.165) is 49.5 Å². The maximum absolute atomic E-state index is 11.3. The second kappa shape index (κ2) is 6.54. The van der Waals surface area contributed by atoms with E-state index < -0.39 is 0 Å². The van der Waals surface area contributed by atoms with E-state index in [4.69, 9.17) is 4.98 Å². The first-order valence-electron chi connectivity index (χ1n) is 8.73. The second-order valence-corrected chi connectivity index (χ2v) is 7.34. The number of hydrogen-bond donors (Lipinski definition) is 2. The molecule has 28 heavy (non-hydrogen) atoms. The van der Waals surface area contributed by atoms with Crippen molar-refractivity contribution in [2.24, 2.45) is 0 Å². The molecule has 6 nitrogen and oxygen atoms in total. The molecular formula is C21H15N5OS. The molecule has 0 aliphatic rings. The number of hydrogen-bond acceptors (Lipinski definition) is 5. The number of rotatable bonds is 3. The lowest BCUT2D eigenvalue weighted by Gasteiger charge is -2.06. The normalized spacial score (nSPS) is 11.2. The number of nitrogens with zero attached hydrogens (tertiary/aromatic N) is 3. The summed E-state index contributed by atoms with van der Waals surface area (Å²) in [5, 5.41) is 2.80. The van der Waals surface area contributed by atoms with E-state index in [2.05, 4.69) is 32.4 Å². The number of anilines is 1. The second-order valence-electron chi connectivity index (χ2n) is 6.45. The molecule has 2 aromatic carbocycles. The Kier molecular flexibility index (Phi) is 3.87. The highest BCUT2D eigenvalue weighted by Gasteiger charge is 2.12. The standard InChI is InChI=1S/C21H15N5OS/c1-12(27)25-15-4-2-3-14(7-15)18-10-23-21-20(26-18)16(9-22-21)13-5-6-17-19(8-13)28-11-24-17/h2-11H,1H3,(H,22,23)(H,25,27). The highest BCUT2D eigenvalue weighted by molar-refractivity contribution is 7.16. The van der Waals surface area contributed by atoms with Crippen LogP contribution in [-0.4, -0.2) is 25.8 Å². The van der Waals surface area contributed by atoms with Gasteiger partial charge < -0.3 is 10.3 Å². The highest BCUT2D eigenvalue weighted by atomic mass is 32.1. The summed E-state index contributed by atoms with van der Waals surface area (Å²) in [5.41, 5.74) is 8.84. The molecule has 136 valence electrons. The molecule has 0 saturated heterocycles. The third-order valence-electron chi connectivity index (χ3n) is 4.50. The van der Waals surface area contributed by atoms with Gasteiger partial charge in [-0.25, -0.2) is 15.0 Å². The van der Waals surface area contributed by atoms with E-state index in [1.165, 1.54) is 6.92 Å². The van der Waals surface area contributed by atoms with Gasteiger partial charge in [0.05, 0.1) is 27.6 Å². The first-order valence-corrected chi connectivity index (χ1v) is 9.61. The third kappa shape index (κ3) is 2.91. The van der Waals surface area contributed by atoms with Crippen molar-refractivity contribution in [2.45, 2.75) is 6.92 Å². The summed E-state index contributed by atoms with van der Waals surface area (Å²) in [6, 6.07) is 13.8. The van der Waals surface area contributed by atoms with Crippen LogP contribution >= 0.6 is 11.3 Å². The fourth-order valence-electron chi connectivity index (χ4n) is 3.23. The van der Waals surface area contributed by atoms with Crippen molar-refractivity contribution in [3.63, 3.8) is 0 Å². The van der Waals surface area contributed by atoms with Crippen LogP contribution in [0.2, 0.25) is 0 Å². The number of H-pyrrole nitrogens is 1. The number of aromatic nitrogens is 4. The minimum atomic E-state index is -0.106. The molecule has 1 amide bonds. The van der Waals surface area contributed by atoms with Crippen molar-refractivity contribution >= 4 is 44.3 Å². The monoisotopic (exact) mass is 385 g/mol. The minimum Gasteiger partial charge on any atom is -0.344 e. The molecule has 0 atom stereocenters. The predicted molar refractivity (Wildman–Crippen MR) is 112 cm³/mol. The molecule has 0 radical (unpaired) electrons. The number of amides is 1. The van der Waals surface area contributed by atoms with Crippen molar-refractivity contribution in [3.8, 4) is 22.4 Å². The zero-order chi connectivity index (χ0) is 19.1. The summed E-state index contributed by atoms with van der Waals surface area (Å²) in [6.07, 6.45) is 3.67. The van der Waals surface area contributed by atoms with Gasteiger partial charge in [-0.05, 0) is 29.8 Å². The fourth-order valence-corrected chi connectivity index (χ4v) is 3.95. The lowest BCUT2D eigenvalue weighted by molar-refractivity contribution is -0.114. The first-order chi connectivity index (χ1) is 13.7. The smallest absolute Gasteiger partial charge is 0.221 e. The van der Waals surface area contributed by atoms with Crippen LogP contribution in [0.1, 0.15) is 6.92 Å². The van der Waals surface area contributed by atoms with Crippen LogP contribution < -0.4 is 5.32 Å². The van der Waals surface area contributed by atoms with Crippen molar-refractivity contribution < 1.29 is 4.79 Å². The number of benzene rings is 2. The molecule has 0 spiro atoms. The van der Waals surface area contributed by atoms with E-state index in [0.29, 0.717) is 0 Å². The topological polar surface area (TPSA) is 83.6 Å². The Labute approximate surface area is 164 Å². The van der Waals surface area contributed by atoms with E-state index in [-0.39, 0.29) is 5.91 Å². The van der Waals surface area contributed by atoms with Crippen LogP contribution in [0.25, 0.3) is 43.8 Å². The maximum Gasteiger partial charge on any atom is 0.221 e. The largest absolute Gasteiger partial charge is 0.344 e. The molecule has 0 unspecified atom stereocenters. The quantitative estimate of drug-likeness (QED) is 0.464. The molecule has 0 aliphatic heterocycles. The van der Waals surface area contributed by atoms with Crippen molar-refractivity contribution in [3.05, 3.63) is 60.4 Å². The van der Waals surface area contributed by atoms with Gasteiger partial charge in [-0.1, -0.05) is 18.2 Å². The molecular weight excluding hydrogens is 370 g/mol. The lowest BCUT2D eigenvalue weighted by atomic mass is 10.1. The number of nitrogens with one attached hydrogen (secondary N) is 2. The number of thiazole rings is 1. The summed E-state index contributed by atoms with van der Waals surface area (Å²) in [4.78, 5) is 28.3. The van der Waals surface area contributed by atoms with E-state index in [1.54, 1.807) is 17.5 Å². The molecule has 3 aromatic heterocycles. The van der Waals surface area contributed by atoms with E-state index >= 15 is 0 Å². The first kappa shape index (κ1) is 16.6. The van der Waals surface area contributed by atoms with Crippen LogP contribution in [0, 0.1) is 0 Å². The number of carbonyl (C=O) groups excluding carboxylic acids is 1. The van der Waals surface area contributed by atoms with Gasteiger partial charge in [0.2, 0.25) is 5.91 Å².